The van der Waals surface area contributed by atoms with Crippen molar-refractivity contribution < 1.29 is 14.6 Å². The molecule has 5 heteroatoms. The smallest absolute Gasteiger partial charge is 0.335 e. The molecule has 0 spiro atoms. The molecule has 0 unspecified atom stereocenters. The van der Waals surface area contributed by atoms with Gasteiger partial charge >= 0.3 is 5.97 Å². The Kier molecular flexibility index (Phi) is 6.15. The van der Waals surface area contributed by atoms with Crippen molar-refractivity contribution in [3.8, 4) is 5.75 Å². The van der Waals surface area contributed by atoms with Crippen molar-refractivity contribution in [3.05, 3.63) is 28.2 Å². The number of hydrogen-bond acceptors (Lipinski definition) is 3. The van der Waals surface area contributed by atoms with E-state index in [4.69, 9.17) is 9.84 Å². The highest BCUT2D eigenvalue weighted by molar-refractivity contribution is 9.10. The number of likely N-dealkylation sites (N-methyl/N-ethyl adjacent to an activating group) is 1. The number of nitrogens with zero attached hydrogens (tertiary/aromatic N) is 1. The maximum absolute atomic E-state index is 10.9. The highest BCUT2D eigenvalue weighted by Crippen LogP contribution is 2.21. The summed E-state index contributed by atoms with van der Waals surface area (Å²) in [6.45, 7) is 7.56. The molecule has 18 heavy (non-hydrogen) atoms. The lowest BCUT2D eigenvalue weighted by Gasteiger charge is -2.18. The van der Waals surface area contributed by atoms with Gasteiger partial charge in [0.25, 0.3) is 0 Å². The summed E-state index contributed by atoms with van der Waals surface area (Å²) in [4.78, 5) is 13.1. The van der Waals surface area contributed by atoms with Crippen molar-refractivity contribution >= 4 is 21.9 Å². The third kappa shape index (κ3) is 4.66. The van der Waals surface area contributed by atoms with E-state index in [1.165, 1.54) is 6.07 Å². The van der Waals surface area contributed by atoms with E-state index in [0.717, 1.165) is 19.6 Å². The van der Waals surface area contributed by atoms with Crippen molar-refractivity contribution in [2.75, 3.05) is 26.2 Å². The van der Waals surface area contributed by atoms with Crippen LogP contribution in [0.4, 0.5) is 0 Å². The standard InChI is InChI=1S/C13H18BrNO3/c1-3-15(4-2)5-6-18-12-8-10(13(16)17)7-11(14)9-12/h7-9H,3-6H2,1-2H3,(H,16,17). The molecular weight excluding hydrogens is 298 g/mol. The predicted molar refractivity (Wildman–Crippen MR) is 74.4 cm³/mol. The van der Waals surface area contributed by atoms with Gasteiger partial charge in [-0.1, -0.05) is 29.8 Å². The minimum absolute atomic E-state index is 0.224. The molecule has 1 rings (SSSR count). The Hall–Kier alpha value is -1.07. The Morgan fingerprint density at radius 1 is 1.33 bits per heavy atom. The van der Waals surface area contributed by atoms with Gasteiger partial charge < -0.3 is 14.7 Å². The van der Waals surface area contributed by atoms with Crippen LogP contribution in [0, 0.1) is 0 Å². The first-order valence-corrected chi connectivity index (χ1v) is 6.75. The van der Waals surface area contributed by atoms with E-state index in [1.807, 2.05) is 0 Å². The van der Waals surface area contributed by atoms with Crippen LogP contribution in [0.2, 0.25) is 0 Å². The molecule has 0 saturated heterocycles. The SMILES string of the molecule is CCN(CC)CCOc1cc(Br)cc(C(=O)O)c1. The Labute approximate surface area is 116 Å². The summed E-state index contributed by atoms with van der Waals surface area (Å²) in [5.41, 5.74) is 0.224. The second kappa shape index (κ2) is 7.38. The number of halogens is 1. The van der Waals surface area contributed by atoms with Gasteiger partial charge in [-0.05, 0) is 31.3 Å². The van der Waals surface area contributed by atoms with E-state index < -0.39 is 5.97 Å². The van der Waals surface area contributed by atoms with Gasteiger partial charge in [0.15, 0.2) is 0 Å². The molecule has 4 nitrogen and oxygen atoms in total. The molecular formula is C13H18BrNO3. The van der Waals surface area contributed by atoms with E-state index in [0.29, 0.717) is 16.8 Å². The van der Waals surface area contributed by atoms with Gasteiger partial charge in [-0.3, -0.25) is 0 Å². The van der Waals surface area contributed by atoms with E-state index in [9.17, 15) is 4.79 Å². The first-order chi connectivity index (χ1) is 8.56. The minimum Gasteiger partial charge on any atom is -0.492 e. The van der Waals surface area contributed by atoms with Gasteiger partial charge in [-0.2, -0.15) is 0 Å². The lowest BCUT2D eigenvalue weighted by molar-refractivity contribution is 0.0696. The molecule has 0 amide bonds. The third-order valence-corrected chi connectivity index (χ3v) is 3.15. The quantitative estimate of drug-likeness (QED) is 0.840. The molecule has 0 aliphatic carbocycles. The number of benzene rings is 1. The number of ether oxygens (including phenoxy) is 1. The van der Waals surface area contributed by atoms with Crippen molar-refractivity contribution in [2.45, 2.75) is 13.8 Å². The van der Waals surface area contributed by atoms with Crippen LogP contribution in [0.3, 0.4) is 0 Å². The molecule has 100 valence electrons. The van der Waals surface area contributed by atoms with Gasteiger partial charge in [0.2, 0.25) is 0 Å². The maximum Gasteiger partial charge on any atom is 0.335 e. The molecule has 0 radical (unpaired) electrons. The van der Waals surface area contributed by atoms with Crippen LogP contribution in [0.5, 0.6) is 5.75 Å². The topological polar surface area (TPSA) is 49.8 Å². The second-order valence-electron chi connectivity index (χ2n) is 3.86. The molecule has 0 fully saturated rings. The Morgan fingerprint density at radius 2 is 2.00 bits per heavy atom. The normalized spacial score (nSPS) is 10.7. The van der Waals surface area contributed by atoms with Crippen LogP contribution >= 0.6 is 15.9 Å². The Balaban J connectivity index is 2.59. The van der Waals surface area contributed by atoms with Crippen LogP contribution in [-0.4, -0.2) is 42.2 Å². The number of hydrogen-bond donors (Lipinski definition) is 1. The monoisotopic (exact) mass is 315 g/mol. The molecule has 0 bridgehead atoms. The number of aromatic carboxylic acids is 1. The number of carbonyl (C=O) groups is 1. The molecule has 0 heterocycles. The third-order valence-electron chi connectivity index (χ3n) is 2.69. The van der Waals surface area contributed by atoms with Crippen LogP contribution in [0.1, 0.15) is 24.2 Å². The highest BCUT2D eigenvalue weighted by Gasteiger charge is 2.07. The minimum atomic E-state index is -0.954. The van der Waals surface area contributed by atoms with Crippen molar-refractivity contribution in [1.82, 2.24) is 4.90 Å². The fourth-order valence-corrected chi connectivity index (χ4v) is 2.07. The molecule has 1 N–H and O–H groups in total. The number of carboxylic acid groups (broad SMARTS) is 1. The molecule has 1 aromatic carbocycles. The van der Waals surface area contributed by atoms with E-state index in [2.05, 4.69) is 34.7 Å². The van der Waals surface area contributed by atoms with Gasteiger partial charge in [0.05, 0.1) is 5.56 Å². The van der Waals surface area contributed by atoms with Gasteiger partial charge in [0.1, 0.15) is 12.4 Å². The summed E-state index contributed by atoms with van der Waals surface area (Å²) in [7, 11) is 0. The zero-order valence-electron chi connectivity index (χ0n) is 10.6. The second-order valence-corrected chi connectivity index (χ2v) is 4.77. The highest BCUT2D eigenvalue weighted by atomic mass is 79.9. The van der Waals surface area contributed by atoms with E-state index in [1.54, 1.807) is 12.1 Å². The summed E-state index contributed by atoms with van der Waals surface area (Å²) < 4.78 is 6.29. The number of rotatable bonds is 7. The van der Waals surface area contributed by atoms with E-state index in [-0.39, 0.29) is 5.56 Å². The zero-order valence-corrected chi connectivity index (χ0v) is 12.2. The lowest BCUT2D eigenvalue weighted by atomic mass is 10.2. The average Bonchev–Trinajstić information content (AvgIpc) is 2.34. The summed E-state index contributed by atoms with van der Waals surface area (Å²) in [5, 5.41) is 8.94. The van der Waals surface area contributed by atoms with Crippen molar-refractivity contribution in [3.63, 3.8) is 0 Å². The van der Waals surface area contributed by atoms with E-state index >= 15 is 0 Å². The van der Waals surface area contributed by atoms with Gasteiger partial charge in [-0.15, -0.1) is 0 Å². The largest absolute Gasteiger partial charge is 0.492 e. The van der Waals surface area contributed by atoms with Crippen molar-refractivity contribution in [1.29, 1.82) is 0 Å². The average molecular weight is 316 g/mol. The first-order valence-electron chi connectivity index (χ1n) is 5.95. The first kappa shape index (κ1) is 15.0. The molecule has 0 saturated carbocycles. The fraction of sp³-hybridized carbons (Fsp3) is 0.462. The molecule has 0 aliphatic heterocycles. The summed E-state index contributed by atoms with van der Waals surface area (Å²) in [6.07, 6.45) is 0. The molecule has 0 atom stereocenters. The van der Waals surface area contributed by atoms with Crippen LogP contribution in [-0.2, 0) is 0 Å². The van der Waals surface area contributed by atoms with Crippen LogP contribution in [0.15, 0.2) is 22.7 Å². The zero-order chi connectivity index (χ0) is 13.5. The molecule has 0 aliphatic rings. The summed E-state index contributed by atoms with van der Waals surface area (Å²) in [5.74, 6) is -0.376. The van der Waals surface area contributed by atoms with Crippen molar-refractivity contribution in [2.24, 2.45) is 0 Å². The lowest BCUT2D eigenvalue weighted by Crippen LogP contribution is -2.27. The fourth-order valence-electron chi connectivity index (χ4n) is 1.60. The van der Waals surface area contributed by atoms with Gasteiger partial charge in [0, 0.05) is 11.0 Å². The Bertz CT molecular complexity index is 405. The van der Waals surface area contributed by atoms with Crippen LogP contribution < -0.4 is 4.74 Å². The van der Waals surface area contributed by atoms with Crippen LogP contribution in [0.25, 0.3) is 0 Å². The van der Waals surface area contributed by atoms with Gasteiger partial charge in [-0.25, -0.2) is 4.79 Å². The summed E-state index contributed by atoms with van der Waals surface area (Å²) >= 11 is 3.28. The maximum atomic E-state index is 10.9. The predicted octanol–water partition coefficient (Wildman–Crippen LogP) is 2.87. The molecule has 1 aromatic rings. The molecule has 0 aromatic heterocycles. The summed E-state index contributed by atoms with van der Waals surface area (Å²) in [6, 6.07) is 4.86. The number of carboxylic acids is 1. The Morgan fingerprint density at radius 3 is 2.56 bits per heavy atom.